The van der Waals surface area contributed by atoms with Crippen LogP contribution in [0.25, 0.3) is 10.8 Å². The van der Waals surface area contributed by atoms with Gasteiger partial charge in [-0.15, -0.1) is 11.3 Å². The fourth-order valence-electron chi connectivity index (χ4n) is 2.59. The molecule has 2 aromatic heterocycles. The van der Waals surface area contributed by atoms with Gasteiger partial charge in [-0.2, -0.15) is 0 Å². The average molecular weight is 420 g/mol. The quantitative estimate of drug-likeness (QED) is 0.547. The molecule has 0 fully saturated rings. The van der Waals surface area contributed by atoms with Crippen molar-refractivity contribution in [3.63, 3.8) is 0 Å². The van der Waals surface area contributed by atoms with Crippen LogP contribution < -0.4 is 10.0 Å². The summed E-state index contributed by atoms with van der Waals surface area (Å²) in [5.41, 5.74) is 2.19. The number of furan rings is 1. The van der Waals surface area contributed by atoms with Crippen LogP contribution in [0.3, 0.4) is 0 Å². The standard InChI is InChI=1S/C19H21N3O4S2/c1-13-5-6-14(2)17(10-13)28(24,25)21-8-7-20-18(23)11-15-12-27-19(22-15)16-4-3-9-26-16/h3-6,9-10,12,21H,7-8,11H2,1-2H3,(H,20,23). The molecule has 0 unspecified atom stereocenters. The summed E-state index contributed by atoms with van der Waals surface area (Å²) >= 11 is 1.40. The lowest BCUT2D eigenvalue weighted by Gasteiger charge is -2.10. The van der Waals surface area contributed by atoms with E-state index in [0.29, 0.717) is 22.0 Å². The van der Waals surface area contributed by atoms with Gasteiger partial charge in [0.15, 0.2) is 10.8 Å². The number of thiazole rings is 1. The van der Waals surface area contributed by atoms with Gasteiger partial charge in [-0.25, -0.2) is 18.1 Å². The average Bonchev–Trinajstić information content (AvgIpc) is 3.32. The number of nitrogens with one attached hydrogen (secondary N) is 2. The first kappa shape index (κ1) is 20.2. The maximum Gasteiger partial charge on any atom is 0.240 e. The molecule has 0 spiro atoms. The van der Waals surface area contributed by atoms with E-state index in [4.69, 9.17) is 4.42 Å². The number of carbonyl (C=O) groups is 1. The third kappa shape index (κ3) is 5.06. The molecule has 2 heterocycles. The highest BCUT2D eigenvalue weighted by atomic mass is 32.2. The molecule has 3 aromatic rings. The first-order chi connectivity index (χ1) is 13.3. The molecule has 0 aliphatic heterocycles. The van der Waals surface area contributed by atoms with Crippen molar-refractivity contribution in [2.24, 2.45) is 0 Å². The smallest absolute Gasteiger partial charge is 0.240 e. The molecular weight excluding hydrogens is 398 g/mol. The minimum absolute atomic E-state index is 0.107. The second kappa shape index (κ2) is 8.68. The van der Waals surface area contributed by atoms with E-state index in [1.54, 1.807) is 36.8 Å². The third-order valence-corrected chi connectivity index (χ3v) is 6.51. The van der Waals surface area contributed by atoms with Crippen molar-refractivity contribution in [1.29, 1.82) is 0 Å². The van der Waals surface area contributed by atoms with Gasteiger partial charge in [-0.1, -0.05) is 12.1 Å². The number of rotatable bonds is 8. The van der Waals surface area contributed by atoms with Gasteiger partial charge in [0.05, 0.1) is 23.3 Å². The minimum Gasteiger partial charge on any atom is -0.462 e. The number of hydrogen-bond acceptors (Lipinski definition) is 6. The van der Waals surface area contributed by atoms with Crippen LogP contribution in [0, 0.1) is 13.8 Å². The molecule has 0 aliphatic rings. The number of benzene rings is 1. The highest BCUT2D eigenvalue weighted by Gasteiger charge is 2.16. The normalized spacial score (nSPS) is 11.5. The van der Waals surface area contributed by atoms with Crippen LogP contribution in [0.4, 0.5) is 0 Å². The summed E-state index contributed by atoms with van der Waals surface area (Å²) in [5, 5.41) is 5.22. The number of nitrogens with zero attached hydrogens (tertiary/aromatic N) is 1. The summed E-state index contributed by atoms with van der Waals surface area (Å²) in [6.45, 7) is 3.89. The zero-order chi connectivity index (χ0) is 20.1. The second-order valence-corrected chi connectivity index (χ2v) is 8.91. The third-order valence-electron chi connectivity index (χ3n) is 4.00. The van der Waals surface area contributed by atoms with Crippen LogP contribution in [-0.4, -0.2) is 32.4 Å². The lowest BCUT2D eigenvalue weighted by Crippen LogP contribution is -2.35. The molecule has 0 saturated carbocycles. The van der Waals surface area contributed by atoms with E-state index in [-0.39, 0.29) is 30.3 Å². The van der Waals surface area contributed by atoms with Crippen molar-refractivity contribution in [2.75, 3.05) is 13.1 Å². The SMILES string of the molecule is Cc1ccc(C)c(S(=O)(=O)NCCNC(=O)Cc2csc(-c3ccco3)n2)c1. The second-order valence-electron chi connectivity index (χ2n) is 6.31. The molecule has 148 valence electrons. The molecule has 1 aromatic carbocycles. The van der Waals surface area contributed by atoms with Crippen molar-refractivity contribution in [2.45, 2.75) is 25.2 Å². The Hall–Kier alpha value is -2.49. The molecular formula is C19H21N3O4S2. The molecule has 0 aliphatic carbocycles. The summed E-state index contributed by atoms with van der Waals surface area (Å²) in [4.78, 5) is 16.7. The zero-order valence-electron chi connectivity index (χ0n) is 15.6. The predicted molar refractivity (Wildman–Crippen MR) is 108 cm³/mol. The topological polar surface area (TPSA) is 101 Å². The highest BCUT2D eigenvalue weighted by molar-refractivity contribution is 7.89. The van der Waals surface area contributed by atoms with Crippen molar-refractivity contribution >= 4 is 27.3 Å². The van der Waals surface area contributed by atoms with Gasteiger partial charge >= 0.3 is 0 Å². The predicted octanol–water partition coefficient (Wildman–Crippen LogP) is 2.66. The van der Waals surface area contributed by atoms with Crippen molar-refractivity contribution in [3.8, 4) is 10.8 Å². The summed E-state index contributed by atoms with van der Waals surface area (Å²) in [6.07, 6.45) is 1.70. The number of sulfonamides is 1. The van der Waals surface area contributed by atoms with E-state index >= 15 is 0 Å². The summed E-state index contributed by atoms with van der Waals surface area (Å²) in [5.74, 6) is 0.444. The van der Waals surface area contributed by atoms with Gasteiger partial charge in [0.1, 0.15) is 0 Å². The molecule has 1 amide bonds. The first-order valence-corrected chi connectivity index (χ1v) is 11.0. The lowest BCUT2D eigenvalue weighted by molar-refractivity contribution is -0.120. The molecule has 0 saturated heterocycles. The van der Waals surface area contributed by atoms with Gasteiger partial charge in [0.2, 0.25) is 15.9 Å². The van der Waals surface area contributed by atoms with Gasteiger partial charge in [0, 0.05) is 18.5 Å². The van der Waals surface area contributed by atoms with Crippen LogP contribution in [0.5, 0.6) is 0 Å². The number of amides is 1. The number of carbonyl (C=O) groups excluding carboxylic acids is 1. The highest BCUT2D eigenvalue weighted by Crippen LogP contribution is 2.24. The van der Waals surface area contributed by atoms with E-state index < -0.39 is 10.0 Å². The maximum atomic E-state index is 12.4. The Labute approximate surface area is 167 Å². The van der Waals surface area contributed by atoms with Crippen LogP contribution in [0.15, 0.2) is 51.3 Å². The Bertz CT molecular complexity index is 1060. The molecule has 2 N–H and O–H groups in total. The van der Waals surface area contributed by atoms with Crippen LogP contribution >= 0.6 is 11.3 Å². The van der Waals surface area contributed by atoms with Gasteiger partial charge in [-0.3, -0.25) is 4.79 Å². The molecule has 0 atom stereocenters. The Morgan fingerprint density at radius 3 is 2.79 bits per heavy atom. The Kier molecular flexibility index (Phi) is 6.28. The largest absolute Gasteiger partial charge is 0.462 e. The minimum atomic E-state index is -3.61. The van der Waals surface area contributed by atoms with Gasteiger partial charge < -0.3 is 9.73 Å². The van der Waals surface area contributed by atoms with Crippen LogP contribution in [0.1, 0.15) is 16.8 Å². The van der Waals surface area contributed by atoms with Crippen LogP contribution in [0.2, 0.25) is 0 Å². The Balaban J connectivity index is 1.47. The maximum absolute atomic E-state index is 12.4. The van der Waals surface area contributed by atoms with E-state index in [0.717, 1.165) is 5.56 Å². The first-order valence-electron chi connectivity index (χ1n) is 8.67. The molecule has 0 radical (unpaired) electrons. The summed E-state index contributed by atoms with van der Waals surface area (Å²) in [6, 6.07) is 8.86. The molecule has 0 bridgehead atoms. The van der Waals surface area contributed by atoms with E-state index in [9.17, 15) is 13.2 Å². The fourth-order valence-corrected chi connectivity index (χ4v) is 4.74. The molecule has 28 heavy (non-hydrogen) atoms. The van der Waals surface area contributed by atoms with Crippen molar-refractivity contribution in [3.05, 3.63) is 58.8 Å². The van der Waals surface area contributed by atoms with E-state index in [1.807, 2.05) is 19.1 Å². The summed E-state index contributed by atoms with van der Waals surface area (Å²) in [7, 11) is -3.61. The van der Waals surface area contributed by atoms with E-state index in [1.165, 1.54) is 11.3 Å². The Morgan fingerprint density at radius 2 is 2.04 bits per heavy atom. The van der Waals surface area contributed by atoms with Crippen LogP contribution in [-0.2, 0) is 21.2 Å². The molecule has 9 heteroatoms. The number of aromatic nitrogens is 1. The monoisotopic (exact) mass is 419 g/mol. The summed E-state index contributed by atoms with van der Waals surface area (Å²) < 4.78 is 32.6. The lowest BCUT2D eigenvalue weighted by atomic mass is 10.2. The fraction of sp³-hybridized carbons (Fsp3) is 0.263. The van der Waals surface area contributed by atoms with Gasteiger partial charge in [-0.05, 0) is 43.2 Å². The van der Waals surface area contributed by atoms with Gasteiger partial charge in [0.25, 0.3) is 0 Å². The Morgan fingerprint density at radius 1 is 1.21 bits per heavy atom. The number of hydrogen-bond donors (Lipinski definition) is 2. The van der Waals surface area contributed by atoms with Crippen molar-refractivity contribution < 1.29 is 17.6 Å². The van der Waals surface area contributed by atoms with Crippen molar-refractivity contribution in [1.82, 2.24) is 15.0 Å². The molecule has 7 nitrogen and oxygen atoms in total. The number of aryl methyl sites for hydroxylation is 2. The van der Waals surface area contributed by atoms with E-state index in [2.05, 4.69) is 15.0 Å². The molecule has 3 rings (SSSR count). The zero-order valence-corrected chi connectivity index (χ0v) is 17.2.